The van der Waals surface area contributed by atoms with Crippen molar-refractivity contribution < 1.29 is 0 Å². The van der Waals surface area contributed by atoms with Gasteiger partial charge < -0.3 is 10.6 Å². The van der Waals surface area contributed by atoms with Crippen LogP contribution in [0.25, 0.3) is 0 Å². The molecule has 2 aromatic heterocycles. The Morgan fingerprint density at radius 1 is 1.32 bits per heavy atom. The average Bonchev–Trinajstić information content (AvgIpc) is 2.45. The van der Waals surface area contributed by atoms with E-state index >= 15 is 0 Å². The molecule has 6 heteroatoms. The summed E-state index contributed by atoms with van der Waals surface area (Å²) in [6.07, 6.45) is 4.62. The normalized spacial score (nSPS) is 10.4. The number of nitrogens with zero attached hydrogens (tertiary/aromatic N) is 4. The number of rotatable bonds is 5. The molecule has 0 saturated carbocycles. The third-order valence-corrected chi connectivity index (χ3v) is 3.26. The van der Waals surface area contributed by atoms with Crippen LogP contribution in [0.15, 0.2) is 35.6 Å². The fourth-order valence-corrected chi connectivity index (χ4v) is 2.04. The second-order valence-electron chi connectivity index (χ2n) is 4.13. The third-order valence-electron chi connectivity index (χ3n) is 2.72. The van der Waals surface area contributed by atoms with E-state index in [0.717, 1.165) is 24.5 Å². The molecule has 0 fully saturated rings. The molecule has 0 atom stereocenters. The number of nitrogens with two attached hydrogens (primary N) is 1. The Balaban J connectivity index is 2.03. The molecule has 0 bridgehead atoms. The fourth-order valence-electron chi connectivity index (χ4n) is 1.66. The van der Waals surface area contributed by atoms with Gasteiger partial charge in [0.05, 0.1) is 0 Å². The minimum absolute atomic E-state index is 0.499. The Hall–Kier alpha value is -1.82. The summed E-state index contributed by atoms with van der Waals surface area (Å²) >= 11 is 1.49. The van der Waals surface area contributed by atoms with E-state index in [-0.39, 0.29) is 0 Å². The molecule has 2 heterocycles. The molecule has 0 aliphatic rings. The van der Waals surface area contributed by atoms with Gasteiger partial charge in [-0.2, -0.15) is 0 Å². The molecule has 0 saturated heterocycles. The van der Waals surface area contributed by atoms with E-state index in [9.17, 15) is 0 Å². The number of likely N-dealkylation sites (N-methyl/N-ethyl adjacent to an activating group) is 1. The first kappa shape index (κ1) is 13.6. The van der Waals surface area contributed by atoms with Gasteiger partial charge >= 0.3 is 0 Å². The number of thioether (sulfide) groups is 1. The highest BCUT2D eigenvalue weighted by Gasteiger charge is 2.07. The van der Waals surface area contributed by atoms with Gasteiger partial charge in [0.2, 0.25) is 0 Å². The standard InChI is InChI=1S/C13H17N5S/c1-18(8-6-10-5-3-4-7-15-10)12-9-11(14)16-13(17-12)19-2/h3-5,7,9H,6,8H2,1-2H3,(H2,14,16,17). The fraction of sp³-hybridized carbons (Fsp3) is 0.308. The first-order chi connectivity index (χ1) is 9.19. The molecular formula is C13H17N5S. The summed E-state index contributed by atoms with van der Waals surface area (Å²) in [5.41, 5.74) is 6.85. The number of hydrogen-bond acceptors (Lipinski definition) is 6. The maximum absolute atomic E-state index is 5.78. The zero-order chi connectivity index (χ0) is 13.7. The zero-order valence-electron chi connectivity index (χ0n) is 11.1. The lowest BCUT2D eigenvalue weighted by Gasteiger charge is -2.18. The summed E-state index contributed by atoms with van der Waals surface area (Å²) in [5.74, 6) is 1.34. The molecule has 0 spiro atoms. The SMILES string of the molecule is CSc1nc(N)cc(N(C)CCc2ccccn2)n1. The second-order valence-corrected chi connectivity index (χ2v) is 4.90. The van der Waals surface area contributed by atoms with Gasteiger partial charge in [-0.15, -0.1) is 0 Å². The Morgan fingerprint density at radius 3 is 2.84 bits per heavy atom. The molecule has 0 aliphatic heterocycles. The highest BCUT2D eigenvalue weighted by molar-refractivity contribution is 7.98. The smallest absolute Gasteiger partial charge is 0.191 e. The van der Waals surface area contributed by atoms with Crippen molar-refractivity contribution in [3.63, 3.8) is 0 Å². The Bertz CT molecular complexity index is 532. The molecule has 0 aromatic carbocycles. The largest absolute Gasteiger partial charge is 0.383 e. The lowest BCUT2D eigenvalue weighted by molar-refractivity contribution is 0.821. The topological polar surface area (TPSA) is 67.9 Å². The van der Waals surface area contributed by atoms with Crippen molar-refractivity contribution in [3.8, 4) is 0 Å². The summed E-state index contributed by atoms with van der Waals surface area (Å²) in [5, 5.41) is 0.694. The Kier molecular flexibility index (Phi) is 4.57. The van der Waals surface area contributed by atoms with Crippen LogP contribution in [-0.2, 0) is 6.42 Å². The molecule has 5 nitrogen and oxygen atoms in total. The molecule has 19 heavy (non-hydrogen) atoms. The molecule has 2 aromatic rings. The summed E-state index contributed by atoms with van der Waals surface area (Å²) in [6, 6.07) is 7.73. The second kappa shape index (κ2) is 6.38. The van der Waals surface area contributed by atoms with Gasteiger partial charge in [-0.05, 0) is 18.4 Å². The average molecular weight is 275 g/mol. The van der Waals surface area contributed by atoms with Gasteiger partial charge in [0.1, 0.15) is 11.6 Å². The minimum atomic E-state index is 0.499. The first-order valence-electron chi connectivity index (χ1n) is 5.98. The summed E-state index contributed by atoms with van der Waals surface area (Å²) < 4.78 is 0. The van der Waals surface area contributed by atoms with Crippen LogP contribution in [0.3, 0.4) is 0 Å². The van der Waals surface area contributed by atoms with Gasteiger partial charge in [0.15, 0.2) is 5.16 Å². The molecule has 0 aliphatic carbocycles. The molecule has 0 unspecified atom stereocenters. The van der Waals surface area contributed by atoms with Crippen molar-refractivity contribution in [1.82, 2.24) is 15.0 Å². The van der Waals surface area contributed by atoms with Crippen LogP contribution in [0.5, 0.6) is 0 Å². The minimum Gasteiger partial charge on any atom is -0.383 e. The highest BCUT2D eigenvalue weighted by atomic mass is 32.2. The highest BCUT2D eigenvalue weighted by Crippen LogP contribution is 2.17. The Labute approximate surface area is 117 Å². The number of aromatic nitrogens is 3. The van der Waals surface area contributed by atoms with E-state index in [1.807, 2.05) is 37.7 Å². The lowest BCUT2D eigenvalue weighted by atomic mass is 10.2. The maximum Gasteiger partial charge on any atom is 0.191 e. The van der Waals surface area contributed by atoms with Crippen LogP contribution >= 0.6 is 11.8 Å². The van der Waals surface area contributed by atoms with E-state index in [0.29, 0.717) is 11.0 Å². The maximum atomic E-state index is 5.78. The van der Waals surface area contributed by atoms with E-state index in [4.69, 9.17) is 5.73 Å². The van der Waals surface area contributed by atoms with Crippen LogP contribution in [0.4, 0.5) is 11.6 Å². The quantitative estimate of drug-likeness (QED) is 0.663. The molecule has 2 rings (SSSR count). The molecule has 2 N–H and O–H groups in total. The van der Waals surface area contributed by atoms with E-state index in [1.54, 1.807) is 6.07 Å². The van der Waals surface area contributed by atoms with Crippen molar-refractivity contribution in [3.05, 3.63) is 36.2 Å². The van der Waals surface area contributed by atoms with Gasteiger partial charge in [0, 0.05) is 38.0 Å². The monoisotopic (exact) mass is 275 g/mol. The van der Waals surface area contributed by atoms with E-state index in [1.165, 1.54) is 11.8 Å². The van der Waals surface area contributed by atoms with Crippen molar-refractivity contribution in [1.29, 1.82) is 0 Å². The number of hydrogen-bond donors (Lipinski definition) is 1. The predicted molar refractivity (Wildman–Crippen MR) is 79.4 cm³/mol. The molecule has 0 radical (unpaired) electrons. The van der Waals surface area contributed by atoms with Gasteiger partial charge in [-0.3, -0.25) is 4.98 Å². The van der Waals surface area contributed by atoms with Crippen LogP contribution in [0.1, 0.15) is 5.69 Å². The van der Waals surface area contributed by atoms with Gasteiger partial charge in [-0.1, -0.05) is 17.8 Å². The summed E-state index contributed by atoms with van der Waals surface area (Å²) in [7, 11) is 1.99. The van der Waals surface area contributed by atoms with Gasteiger partial charge in [-0.25, -0.2) is 9.97 Å². The molecular weight excluding hydrogens is 258 g/mol. The number of anilines is 2. The van der Waals surface area contributed by atoms with Crippen LogP contribution in [-0.4, -0.2) is 34.8 Å². The molecule has 0 amide bonds. The van der Waals surface area contributed by atoms with Crippen molar-refractivity contribution in [2.24, 2.45) is 0 Å². The number of pyridine rings is 1. The summed E-state index contributed by atoms with van der Waals surface area (Å²) in [4.78, 5) is 15.0. The van der Waals surface area contributed by atoms with Crippen molar-refractivity contribution in [2.75, 3.05) is 30.5 Å². The summed E-state index contributed by atoms with van der Waals surface area (Å²) in [6.45, 7) is 0.835. The van der Waals surface area contributed by atoms with Crippen LogP contribution in [0.2, 0.25) is 0 Å². The van der Waals surface area contributed by atoms with Gasteiger partial charge in [0.25, 0.3) is 0 Å². The zero-order valence-corrected chi connectivity index (χ0v) is 11.9. The van der Waals surface area contributed by atoms with Crippen molar-refractivity contribution in [2.45, 2.75) is 11.6 Å². The third kappa shape index (κ3) is 3.82. The van der Waals surface area contributed by atoms with Crippen LogP contribution in [0, 0.1) is 0 Å². The number of nitrogen functional groups attached to an aromatic ring is 1. The Morgan fingerprint density at radius 2 is 2.16 bits per heavy atom. The van der Waals surface area contributed by atoms with E-state index in [2.05, 4.69) is 19.9 Å². The molecule has 100 valence electrons. The lowest BCUT2D eigenvalue weighted by Crippen LogP contribution is -2.22. The first-order valence-corrected chi connectivity index (χ1v) is 7.21. The van der Waals surface area contributed by atoms with E-state index < -0.39 is 0 Å². The van der Waals surface area contributed by atoms with Crippen molar-refractivity contribution >= 4 is 23.4 Å². The van der Waals surface area contributed by atoms with Crippen LogP contribution < -0.4 is 10.6 Å². The predicted octanol–water partition coefficient (Wildman–Crippen LogP) is 1.85.